The number of hydrogen-bond acceptors (Lipinski definition) is 2. The molecule has 0 aromatic rings. The summed E-state index contributed by atoms with van der Waals surface area (Å²) in [6.07, 6.45) is 0. The highest BCUT2D eigenvalue weighted by Crippen LogP contribution is 1.76. The van der Waals surface area contributed by atoms with Crippen LogP contribution in [0.15, 0.2) is 0 Å². The first-order chi connectivity index (χ1) is 2.77. The van der Waals surface area contributed by atoms with Gasteiger partial charge in [0, 0.05) is 6.92 Å². The molecule has 0 aromatic heterocycles. The lowest BCUT2D eigenvalue weighted by Crippen LogP contribution is -2.04. The summed E-state index contributed by atoms with van der Waals surface area (Å²) in [5.41, 5.74) is 0. The molecule has 0 rings (SSSR count). The third kappa shape index (κ3) is 3.70. The summed E-state index contributed by atoms with van der Waals surface area (Å²) in [4.78, 5) is 9.75. The zero-order chi connectivity index (χ0) is 4.99. The number of carbonyl (C=O) groups excluding carboxylic acids is 1. The molecule has 0 aliphatic carbocycles. The van der Waals surface area contributed by atoms with Crippen LogP contribution in [0.3, 0.4) is 0 Å². The molecule has 6 heavy (non-hydrogen) atoms. The van der Waals surface area contributed by atoms with Gasteiger partial charge in [-0.1, -0.05) is 0 Å². The van der Waals surface area contributed by atoms with Gasteiger partial charge in [0.1, 0.15) is 8.61 Å². The molecule has 1 atom stereocenters. The number of hydrogen-bond donors (Lipinski definition) is 1. The third-order valence-electron chi connectivity index (χ3n) is 0.262. The van der Waals surface area contributed by atoms with Crippen LogP contribution in [-0.4, -0.2) is 5.91 Å². The van der Waals surface area contributed by atoms with Crippen LogP contribution >= 0.6 is 8.61 Å². The first-order valence-corrected chi connectivity index (χ1v) is 2.53. The smallest absolute Gasteiger partial charge is 0.221 e. The van der Waals surface area contributed by atoms with E-state index < -0.39 is 8.61 Å². The van der Waals surface area contributed by atoms with Crippen molar-refractivity contribution in [2.24, 2.45) is 0 Å². The van der Waals surface area contributed by atoms with Gasteiger partial charge in [-0.15, -0.1) is 0 Å². The van der Waals surface area contributed by atoms with Gasteiger partial charge in [0.25, 0.3) is 0 Å². The maximum Gasteiger partial charge on any atom is 0.221 e. The standard InChI is InChI=1S/C2H6NO2P/c1-2(4)3-6-5/h6H2,1H3,(H,3,4,5). The van der Waals surface area contributed by atoms with Crippen molar-refractivity contribution in [1.29, 1.82) is 0 Å². The molecule has 1 N–H and O–H groups in total. The minimum Gasteiger partial charge on any atom is -0.311 e. The lowest BCUT2D eigenvalue weighted by Gasteiger charge is -1.80. The van der Waals surface area contributed by atoms with Crippen LogP contribution in [0.25, 0.3) is 0 Å². The van der Waals surface area contributed by atoms with E-state index in [-0.39, 0.29) is 5.91 Å². The molecule has 0 fully saturated rings. The maximum atomic E-state index is 9.75. The lowest BCUT2D eigenvalue weighted by molar-refractivity contribution is -0.117. The zero-order valence-electron chi connectivity index (χ0n) is 3.39. The largest absolute Gasteiger partial charge is 0.311 e. The van der Waals surface area contributed by atoms with Crippen LogP contribution in [0.5, 0.6) is 0 Å². The summed E-state index contributed by atoms with van der Waals surface area (Å²) < 4.78 is 9.49. The maximum absolute atomic E-state index is 9.75. The van der Waals surface area contributed by atoms with E-state index in [0.29, 0.717) is 0 Å². The first-order valence-electron chi connectivity index (χ1n) is 1.48. The van der Waals surface area contributed by atoms with Gasteiger partial charge in [0.2, 0.25) is 5.91 Å². The molecule has 4 heteroatoms. The van der Waals surface area contributed by atoms with E-state index in [1.54, 1.807) is 0 Å². The summed E-state index contributed by atoms with van der Waals surface area (Å²) in [5.74, 6) is -0.236. The second-order valence-electron chi connectivity index (χ2n) is 0.818. The van der Waals surface area contributed by atoms with Gasteiger partial charge in [0.15, 0.2) is 0 Å². The molecule has 1 amide bonds. The highest BCUT2D eigenvalue weighted by atomic mass is 31.1. The summed E-state index contributed by atoms with van der Waals surface area (Å²) in [5, 5.41) is 2.10. The number of amides is 1. The Labute approximate surface area is 37.0 Å². The fourth-order valence-corrected chi connectivity index (χ4v) is 0.249. The van der Waals surface area contributed by atoms with Crippen LogP contribution in [0.2, 0.25) is 0 Å². The third-order valence-corrected chi connectivity index (χ3v) is 0.787. The fourth-order valence-electron chi connectivity index (χ4n) is 0.0830. The van der Waals surface area contributed by atoms with Gasteiger partial charge in [-0.05, 0) is 0 Å². The molecule has 0 aromatic carbocycles. The minimum absolute atomic E-state index is 0.236. The van der Waals surface area contributed by atoms with E-state index in [9.17, 15) is 9.36 Å². The van der Waals surface area contributed by atoms with Crippen molar-refractivity contribution < 1.29 is 9.36 Å². The molecule has 1 unspecified atom stereocenters. The van der Waals surface area contributed by atoms with Crippen molar-refractivity contribution in [3.8, 4) is 0 Å². The first kappa shape index (κ1) is 5.70. The average Bonchev–Trinajstić information content (AvgIpc) is 1.35. The summed E-state index contributed by atoms with van der Waals surface area (Å²) in [6.45, 7) is 1.32. The topological polar surface area (TPSA) is 46.2 Å². The van der Waals surface area contributed by atoms with Crippen molar-refractivity contribution >= 4 is 14.5 Å². The highest BCUT2D eigenvalue weighted by molar-refractivity contribution is 7.22. The van der Waals surface area contributed by atoms with Crippen molar-refractivity contribution in [2.75, 3.05) is 0 Å². The Kier molecular flexibility index (Phi) is 2.77. The number of carbonyl (C=O) groups is 1. The second-order valence-corrected chi connectivity index (χ2v) is 1.34. The van der Waals surface area contributed by atoms with Crippen molar-refractivity contribution in [3.05, 3.63) is 0 Å². The predicted octanol–water partition coefficient (Wildman–Crippen LogP) is -0.206. The number of rotatable bonds is 1. The molecule has 3 nitrogen and oxygen atoms in total. The van der Waals surface area contributed by atoms with E-state index >= 15 is 0 Å². The van der Waals surface area contributed by atoms with Crippen molar-refractivity contribution in [1.82, 2.24) is 5.09 Å². The predicted molar refractivity (Wildman–Crippen MR) is 24.2 cm³/mol. The van der Waals surface area contributed by atoms with Gasteiger partial charge >= 0.3 is 0 Å². The zero-order valence-corrected chi connectivity index (χ0v) is 4.55. The van der Waals surface area contributed by atoms with Gasteiger partial charge in [0.05, 0.1) is 0 Å². The van der Waals surface area contributed by atoms with E-state index in [1.807, 2.05) is 0 Å². The molecule has 0 heterocycles. The molecule has 0 aliphatic rings. The van der Waals surface area contributed by atoms with Crippen LogP contribution < -0.4 is 5.09 Å². The minimum atomic E-state index is -1.10. The SMILES string of the molecule is CC(=O)N[PH2]=O. The molecule has 36 valence electrons. The Hall–Kier alpha value is -0.300. The molecular formula is C2H6NO2P. The highest BCUT2D eigenvalue weighted by Gasteiger charge is 1.77. The monoisotopic (exact) mass is 107 g/mol. The van der Waals surface area contributed by atoms with E-state index in [1.165, 1.54) is 6.92 Å². The summed E-state index contributed by atoms with van der Waals surface area (Å²) >= 11 is 0. The number of nitrogens with one attached hydrogen (secondary N) is 1. The molecule has 0 aliphatic heterocycles. The molecular weight excluding hydrogens is 101 g/mol. The second kappa shape index (κ2) is 2.91. The average molecular weight is 107 g/mol. The Morgan fingerprint density at radius 3 is 2.33 bits per heavy atom. The van der Waals surface area contributed by atoms with Crippen molar-refractivity contribution in [2.45, 2.75) is 6.92 Å². The van der Waals surface area contributed by atoms with Crippen LogP contribution in [0.4, 0.5) is 0 Å². The van der Waals surface area contributed by atoms with Crippen LogP contribution in [-0.2, 0) is 9.36 Å². The Morgan fingerprint density at radius 1 is 1.83 bits per heavy atom. The molecule has 0 saturated carbocycles. The fraction of sp³-hybridized carbons (Fsp3) is 0.500. The van der Waals surface area contributed by atoms with Gasteiger partial charge < -0.3 is 9.65 Å². The van der Waals surface area contributed by atoms with Crippen LogP contribution in [0.1, 0.15) is 6.92 Å². The summed E-state index contributed by atoms with van der Waals surface area (Å²) in [6, 6.07) is 0. The van der Waals surface area contributed by atoms with Crippen LogP contribution in [0, 0.1) is 0 Å². The van der Waals surface area contributed by atoms with Gasteiger partial charge in [-0.2, -0.15) is 0 Å². The quantitative estimate of drug-likeness (QED) is 0.471. The van der Waals surface area contributed by atoms with Gasteiger partial charge in [-0.3, -0.25) is 4.79 Å². The molecule has 0 spiro atoms. The Bertz CT molecular complexity index is 71.9. The van der Waals surface area contributed by atoms with E-state index in [0.717, 1.165) is 0 Å². The molecule has 0 radical (unpaired) electrons. The van der Waals surface area contributed by atoms with E-state index in [2.05, 4.69) is 5.09 Å². The van der Waals surface area contributed by atoms with E-state index in [4.69, 9.17) is 0 Å². The lowest BCUT2D eigenvalue weighted by atomic mass is 10.8. The van der Waals surface area contributed by atoms with Crippen molar-refractivity contribution in [3.63, 3.8) is 0 Å². The summed E-state index contributed by atoms with van der Waals surface area (Å²) in [7, 11) is -1.10. The van der Waals surface area contributed by atoms with Gasteiger partial charge in [-0.25, -0.2) is 0 Å². The Balaban J connectivity index is 3.05. The molecule has 0 bridgehead atoms. The Morgan fingerprint density at radius 2 is 2.33 bits per heavy atom. The normalized spacial score (nSPS) is 9.50. The molecule has 0 saturated heterocycles.